The Morgan fingerprint density at radius 3 is 0.973 bits per heavy atom. The zero-order valence-electron chi connectivity index (χ0n) is 60.3. The van der Waals surface area contributed by atoms with Crippen molar-refractivity contribution in [2.45, 2.75) is 147 Å². The SMILES string of the molecule is C1=C\CC/C=C\CC/1.CC(C)c1cccc(C(C)C)c1N1C=CN(Cc2cc3ccc2CCc2ccc(c(P(c4ccccc4)c4ccccc4)c2)CC3)[CH-]1.FC(F)(F)c1cc([B-](c2cc(C(F)(F)F)cc(C(F)(F)F)c2)(c2cc(C(F)(F)F)cc(C(F)(F)F)c2)c2cc(C(F)(F)F)cc(C(F)(F)F)c2)cc(C(F)(F)F)c1.[Ir]. The van der Waals surface area contributed by atoms with Crippen molar-refractivity contribution in [1.82, 2.24) is 4.90 Å². The summed E-state index contributed by atoms with van der Waals surface area (Å²) in [7, 11) is -0.632. The quantitative estimate of drug-likeness (QED) is 0.0395. The van der Waals surface area contributed by atoms with Gasteiger partial charge in [-0.25, -0.2) is 0 Å². The zero-order valence-corrected chi connectivity index (χ0v) is 63.6. The Bertz CT molecular complexity index is 4350. The van der Waals surface area contributed by atoms with Gasteiger partial charge in [-0.2, -0.15) is 134 Å². The van der Waals surface area contributed by atoms with Gasteiger partial charge in [0.05, 0.1) is 44.5 Å². The maximum Gasteiger partial charge on any atom is 0.416 e. The predicted molar refractivity (Wildman–Crippen MR) is 389 cm³/mol. The van der Waals surface area contributed by atoms with Gasteiger partial charge >= 0.3 is 49.4 Å². The van der Waals surface area contributed by atoms with E-state index in [4.69, 9.17) is 0 Å². The summed E-state index contributed by atoms with van der Waals surface area (Å²) >= 11 is 0. The third kappa shape index (κ3) is 21.4. The van der Waals surface area contributed by atoms with Gasteiger partial charge in [0.1, 0.15) is 6.15 Å². The summed E-state index contributed by atoms with van der Waals surface area (Å²) in [4.78, 5) is 4.72. The van der Waals surface area contributed by atoms with Gasteiger partial charge in [0.2, 0.25) is 0 Å². The van der Waals surface area contributed by atoms with E-state index in [0.29, 0.717) is 11.8 Å². The second kappa shape index (κ2) is 34.8. The van der Waals surface area contributed by atoms with Gasteiger partial charge in [0.25, 0.3) is 0 Å². The molecule has 0 saturated carbocycles. The smallest absolute Gasteiger partial charge is 0.416 e. The van der Waals surface area contributed by atoms with Gasteiger partial charge in [-0.15, -0.1) is 0 Å². The third-order valence-electron chi connectivity index (χ3n) is 19.5. The number of allylic oxidation sites excluding steroid dienone is 4. The van der Waals surface area contributed by atoms with Gasteiger partial charge in [-0.3, -0.25) is 0 Å². The molecule has 6 aliphatic rings. The van der Waals surface area contributed by atoms with E-state index >= 15 is 0 Å². The molecule has 1 radical (unpaired) electrons. The maximum absolute atomic E-state index is 14.2. The second-order valence-corrected chi connectivity index (χ2v) is 30.2. The fourth-order valence-corrected chi connectivity index (χ4v) is 16.7. The molecule has 0 fully saturated rings. The van der Waals surface area contributed by atoms with Crippen LogP contribution in [0, 0.1) is 6.67 Å². The minimum absolute atomic E-state index is 0. The van der Waals surface area contributed by atoms with Crippen LogP contribution in [0.25, 0.3) is 0 Å². The van der Waals surface area contributed by atoms with Crippen LogP contribution in [-0.4, -0.2) is 11.0 Å². The average Bonchev–Trinajstić information content (AvgIpc) is 0.873. The molecule has 0 atom stereocenters. The molecule has 5 aliphatic carbocycles. The van der Waals surface area contributed by atoms with E-state index in [0.717, 1.165) is 32.2 Å². The van der Waals surface area contributed by atoms with Gasteiger partial charge < -0.3 is 9.80 Å². The predicted octanol–water partition coefficient (Wildman–Crippen LogP) is 23.4. The molecule has 113 heavy (non-hydrogen) atoms. The monoisotopic (exact) mass is 1800 g/mol. The van der Waals surface area contributed by atoms with Gasteiger partial charge in [-0.1, -0.05) is 216 Å². The Balaban J connectivity index is 0.000000236. The van der Waals surface area contributed by atoms with Crippen molar-refractivity contribution in [2.75, 3.05) is 4.90 Å². The number of rotatable bonds is 12. The van der Waals surface area contributed by atoms with Crippen molar-refractivity contribution >= 4 is 57.5 Å². The average molecular weight is 1800 g/mol. The van der Waals surface area contributed by atoms with Crippen molar-refractivity contribution in [1.29, 1.82) is 0 Å². The Hall–Kier alpha value is -8.74. The molecule has 1 aliphatic heterocycles. The number of aryl methyl sites for hydroxylation is 4. The summed E-state index contributed by atoms with van der Waals surface area (Å²) in [6.07, 6.45) is -32.2. The molecule has 1 heterocycles. The number of alkyl halides is 24. The van der Waals surface area contributed by atoms with E-state index < -0.39 is 203 Å². The summed E-state index contributed by atoms with van der Waals surface area (Å²) in [5.41, 5.74) is -18.8. The van der Waals surface area contributed by atoms with E-state index in [1.807, 2.05) is 0 Å². The van der Waals surface area contributed by atoms with Crippen LogP contribution in [0.2, 0.25) is 0 Å². The first kappa shape index (κ1) is 88.2. The number of halogens is 24. The van der Waals surface area contributed by atoms with Crippen molar-refractivity contribution in [3.63, 3.8) is 0 Å². The van der Waals surface area contributed by atoms with Crippen LogP contribution in [0.1, 0.15) is 149 Å². The summed E-state index contributed by atoms with van der Waals surface area (Å²) in [5.74, 6) is 0.931. The standard InChI is InChI=1S/C44H46N2P.C32H12BF24.C8H12.Ir/c1-32(2)41-16-11-17-42(33(3)4)44(41)46-27-26-45(31-46)30-38-28-34-18-22-36(38)23-19-35-21-25-37(24-20-34)43(29-35)47(39-12-7-5-8-13-39)40-14-9-6-10-15-40;34-25(35,36)13-1-14(26(37,38)39)6-21(5-13)33(22-7-15(27(40,41)42)2-16(8-22)28(43,44)45,23-9-17(29(46,47)48)3-18(10-23)30(49,50)51)24-11-19(31(52,53)54)4-20(12-24)32(55,56)57;1-2-4-6-8-7-5-3-1;/h5-18,21-22,25-29,31-33H,19-20,23-24,30H2,1-4H3;1-12H;1-2,7-8H,3-6H2;/q2*-1;;/b;;2-1-,8-7-;. The molecule has 4 bridgehead atoms. The Labute approximate surface area is 651 Å². The number of para-hydroxylation sites is 1. The first-order chi connectivity index (χ1) is 52.2. The largest absolute Gasteiger partial charge is 0.504 e. The van der Waals surface area contributed by atoms with E-state index in [2.05, 4.69) is 196 Å². The molecule has 0 N–H and O–H groups in total. The number of anilines is 1. The molecule has 9 aromatic rings. The molecule has 15 rings (SSSR count). The van der Waals surface area contributed by atoms with E-state index in [-0.39, 0.29) is 20.1 Å². The van der Waals surface area contributed by atoms with Gasteiger partial charge in [0, 0.05) is 32.3 Å². The van der Waals surface area contributed by atoms with Crippen LogP contribution in [0.3, 0.4) is 0 Å². The van der Waals surface area contributed by atoms with Crippen LogP contribution in [0.4, 0.5) is 111 Å². The van der Waals surface area contributed by atoms with Crippen molar-refractivity contribution < 1.29 is 125 Å². The van der Waals surface area contributed by atoms with Crippen LogP contribution < -0.4 is 42.7 Å². The normalized spacial score (nSPS) is 15.2. The first-order valence-corrected chi connectivity index (χ1v) is 36.5. The Morgan fingerprint density at radius 1 is 0.345 bits per heavy atom. The number of hydrogen-bond donors (Lipinski definition) is 0. The van der Waals surface area contributed by atoms with Crippen molar-refractivity contribution in [3.8, 4) is 0 Å². The second-order valence-electron chi connectivity index (χ2n) is 28.0. The summed E-state index contributed by atoms with van der Waals surface area (Å²) < 4.78 is 341. The minimum Gasteiger partial charge on any atom is -0.504 e. The van der Waals surface area contributed by atoms with E-state index in [9.17, 15) is 105 Å². The molecular weight excluding hydrogens is 1730 g/mol. The van der Waals surface area contributed by atoms with Crippen LogP contribution in [0.5, 0.6) is 0 Å². The van der Waals surface area contributed by atoms with Gasteiger partial charge in [0.15, 0.2) is 0 Å². The molecule has 0 aromatic heterocycles. The van der Waals surface area contributed by atoms with Crippen molar-refractivity contribution in [3.05, 3.63) is 315 Å². The van der Waals surface area contributed by atoms with E-state index in [1.54, 1.807) is 0 Å². The first-order valence-electron chi connectivity index (χ1n) is 35.2. The number of benzene rings is 9. The summed E-state index contributed by atoms with van der Waals surface area (Å²) in [6.45, 7) is 12.4. The molecule has 29 heteroatoms. The van der Waals surface area contributed by atoms with E-state index in [1.165, 1.54) is 86.2 Å². The molecule has 2 nitrogen and oxygen atoms in total. The molecule has 0 saturated heterocycles. The molecule has 0 spiro atoms. The fourth-order valence-electron chi connectivity index (χ4n) is 14.1. The zero-order chi connectivity index (χ0) is 81.9. The van der Waals surface area contributed by atoms with Crippen LogP contribution in [0.15, 0.2) is 225 Å². The summed E-state index contributed by atoms with van der Waals surface area (Å²) in [5, 5.41) is 4.36. The third-order valence-corrected chi connectivity index (χ3v) is 22.0. The van der Waals surface area contributed by atoms with Crippen molar-refractivity contribution in [2.24, 2.45) is 0 Å². The number of hydrogen-bond acceptors (Lipinski definition) is 2. The van der Waals surface area contributed by atoms with Crippen LogP contribution in [-0.2, 0) is 102 Å². The minimum atomic E-state index is -6.13. The topological polar surface area (TPSA) is 6.48 Å². The fraction of sp³-hybridized carbons (Fsp3) is 0.274. The van der Waals surface area contributed by atoms with Gasteiger partial charge in [-0.05, 0) is 163 Å². The molecule has 0 amide bonds. The maximum atomic E-state index is 14.2. The molecular formula is C84H70BF24IrN2P-2. The number of nitrogens with zero attached hydrogens (tertiary/aromatic N) is 2. The molecule has 0 unspecified atom stereocenters. The molecule has 9 aromatic carbocycles. The summed E-state index contributed by atoms with van der Waals surface area (Å²) in [6, 6.07) is 34.9. The molecule has 603 valence electrons. The van der Waals surface area contributed by atoms with Crippen LogP contribution >= 0.6 is 7.92 Å². The Kier molecular flexibility index (Phi) is 27.1. The Morgan fingerprint density at radius 2 is 0.655 bits per heavy atom.